The molecule has 2 heterocycles. The molecule has 7 N–H and O–H groups in total. The normalized spacial score (nSPS) is 24.9. The molecule has 0 aromatic heterocycles. The summed E-state index contributed by atoms with van der Waals surface area (Å²) < 4.78 is 0. The summed E-state index contributed by atoms with van der Waals surface area (Å²) in [5, 5.41) is 40.9. The number of carboxylic acids is 2. The number of hydrogen-bond acceptors (Lipinski definition) is 9. The molecule has 1 saturated heterocycles. The Morgan fingerprint density at radius 1 is 1.17 bits per heavy atom. The summed E-state index contributed by atoms with van der Waals surface area (Å²) in [5.74, 6) is -0.720. The van der Waals surface area contributed by atoms with Crippen molar-refractivity contribution in [3.63, 3.8) is 0 Å². The molecule has 0 unspecified atom stereocenters. The second-order valence-electron chi connectivity index (χ2n) is 7.47. The second-order valence-corrected chi connectivity index (χ2v) is 7.47. The van der Waals surface area contributed by atoms with Crippen LogP contribution in [0.5, 0.6) is 0 Å². The SMILES string of the molecule is N[C@@H](CCCCN1C[C@H](O)[C@@H](O)C[C@H]2N=C(NCCCCC(=O)O)N=C21)C(=O)O. The van der Waals surface area contributed by atoms with Crippen molar-refractivity contribution in [2.75, 3.05) is 19.6 Å². The van der Waals surface area contributed by atoms with E-state index in [-0.39, 0.29) is 25.4 Å². The molecule has 11 nitrogen and oxygen atoms in total. The fourth-order valence-corrected chi connectivity index (χ4v) is 3.37. The molecule has 2 aliphatic heterocycles. The number of fused-ring (bicyclic) bond motifs is 1. The van der Waals surface area contributed by atoms with Gasteiger partial charge in [-0.25, -0.2) is 4.99 Å². The predicted octanol–water partition coefficient (Wildman–Crippen LogP) is -1.02. The lowest BCUT2D eigenvalue weighted by Crippen LogP contribution is -2.40. The lowest BCUT2D eigenvalue weighted by atomic mass is 10.1. The van der Waals surface area contributed by atoms with Gasteiger partial charge in [0.2, 0.25) is 5.96 Å². The molecule has 4 atom stereocenters. The summed E-state index contributed by atoms with van der Waals surface area (Å²) in [6.45, 7) is 1.32. The van der Waals surface area contributed by atoms with Crippen molar-refractivity contribution in [2.24, 2.45) is 15.7 Å². The van der Waals surface area contributed by atoms with Crippen LogP contribution in [0.4, 0.5) is 0 Å². The number of hydrogen-bond donors (Lipinski definition) is 6. The summed E-state index contributed by atoms with van der Waals surface area (Å²) >= 11 is 0. The molecule has 1 fully saturated rings. The number of likely N-dealkylation sites (tertiary alicyclic amines) is 1. The number of rotatable bonds is 11. The topological polar surface area (TPSA) is 181 Å². The molecule has 164 valence electrons. The highest BCUT2D eigenvalue weighted by Gasteiger charge is 2.36. The van der Waals surface area contributed by atoms with E-state index in [0.29, 0.717) is 57.0 Å². The molecule has 0 aromatic rings. The van der Waals surface area contributed by atoms with Crippen LogP contribution in [0, 0.1) is 0 Å². The minimum atomic E-state index is -1.02. The van der Waals surface area contributed by atoms with Gasteiger partial charge in [-0.15, -0.1) is 0 Å². The number of aliphatic hydroxyl groups is 2. The van der Waals surface area contributed by atoms with E-state index in [2.05, 4.69) is 15.3 Å². The number of carboxylic acid groups (broad SMARTS) is 2. The Labute approximate surface area is 169 Å². The van der Waals surface area contributed by atoms with E-state index in [9.17, 15) is 19.8 Å². The van der Waals surface area contributed by atoms with E-state index in [4.69, 9.17) is 15.9 Å². The van der Waals surface area contributed by atoms with Gasteiger partial charge in [-0.2, -0.15) is 4.99 Å². The number of nitrogens with one attached hydrogen (secondary N) is 1. The van der Waals surface area contributed by atoms with E-state index in [1.54, 1.807) is 0 Å². The summed E-state index contributed by atoms with van der Waals surface area (Å²) in [6, 6.07) is -1.24. The van der Waals surface area contributed by atoms with Crippen LogP contribution in [0.3, 0.4) is 0 Å². The molecular weight excluding hydrogens is 382 g/mol. The standard InChI is InChI=1S/C18H31N5O6/c19-11(17(28)29)5-2-4-8-23-10-14(25)13(24)9-12-16(23)22-18(21-12)20-7-3-1-6-15(26)27/h11-14,24-25H,1-10,19H2,(H,20,21)(H,26,27)(H,28,29)/t11-,12+,13-,14-/m0/s1. The lowest BCUT2D eigenvalue weighted by molar-refractivity contribution is -0.139. The quantitative estimate of drug-likeness (QED) is 0.231. The van der Waals surface area contributed by atoms with Crippen LogP contribution in [0.15, 0.2) is 9.98 Å². The van der Waals surface area contributed by atoms with Gasteiger partial charge in [-0.05, 0) is 32.1 Å². The second kappa shape index (κ2) is 11.1. The Hall–Kier alpha value is -2.24. The summed E-state index contributed by atoms with van der Waals surface area (Å²) in [5.41, 5.74) is 5.52. The van der Waals surface area contributed by atoms with Crippen LogP contribution in [0.2, 0.25) is 0 Å². The van der Waals surface area contributed by atoms with E-state index in [1.807, 2.05) is 4.90 Å². The van der Waals surface area contributed by atoms with Crippen LogP contribution >= 0.6 is 0 Å². The zero-order valence-corrected chi connectivity index (χ0v) is 16.4. The maximum atomic E-state index is 10.8. The first-order valence-corrected chi connectivity index (χ1v) is 9.99. The Kier molecular flexibility index (Phi) is 8.80. The third-order valence-corrected chi connectivity index (χ3v) is 5.05. The van der Waals surface area contributed by atoms with Crippen LogP contribution < -0.4 is 11.1 Å². The monoisotopic (exact) mass is 413 g/mol. The van der Waals surface area contributed by atoms with E-state index >= 15 is 0 Å². The minimum absolute atomic E-state index is 0.120. The largest absolute Gasteiger partial charge is 0.481 e. The zero-order chi connectivity index (χ0) is 21.4. The van der Waals surface area contributed by atoms with Crippen molar-refractivity contribution in [1.82, 2.24) is 10.2 Å². The molecule has 0 amide bonds. The zero-order valence-electron chi connectivity index (χ0n) is 16.4. The third-order valence-electron chi connectivity index (χ3n) is 5.05. The number of carbonyl (C=O) groups is 2. The molecule has 29 heavy (non-hydrogen) atoms. The molecule has 11 heteroatoms. The number of guanidine groups is 1. The summed E-state index contributed by atoms with van der Waals surface area (Å²) in [6.07, 6.45) is 1.47. The lowest BCUT2D eigenvalue weighted by Gasteiger charge is -2.26. The first-order chi connectivity index (χ1) is 13.8. The van der Waals surface area contributed by atoms with Gasteiger partial charge >= 0.3 is 11.9 Å². The van der Waals surface area contributed by atoms with Crippen molar-refractivity contribution in [3.8, 4) is 0 Å². The van der Waals surface area contributed by atoms with Crippen molar-refractivity contribution < 1.29 is 30.0 Å². The average molecular weight is 413 g/mol. The Morgan fingerprint density at radius 3 is 2.62 bits per heavy atom. The highest BCUT2D eigenvalue weighted by atomic mass is 16.4. The molecule has 2 aliphatic rings. The minimum Gasteiger partial charge on any atom is -0.481 e. The average Bonchev–Trinajstić information content (AvgIpc) is 3.01. The first-order valence-electron chi connectivity index (χ1n) is 9.99. The molecule has 2 rings (SSSR count). The molecule has 0 bridgehead atoms. The number of β-amino-alcohol motifs (C(OH)–C–C–N with tert-alkyl or cyclic N) is 1. The molecule has 0 radical (unpaired) electrons. The van der Waals surface area contributed by atoms with Gasteiger partial charge in [0, 0.05) is 32.5 Å². The summed E-state index contributed by atoms with van der Waals surface area (Å²) in [7, 11) is 0. The Bertz CT molecular complexity index is 640. The predicted molar refractivity (Wildman–Crippen MR) is 106 cm³/mol. The Balaban J connectivity index is 1.89. The van der Waals surface area contributed by atoms with Gasteiger partial charge in [0.15, 0.2) is 0 Å². The third kappa shape index (κ3) is 7.26. The van der Waals surface area contributed by atoms with E-state index in [0.717, 1.165) is 0 Å². The van der Waals surface area contributed by atoms with Crippen molar-refractivity contribution in [3.05, 3.63) is 0 Å². The smallest absolute Gasteiger partial charge is 0.320 e. The number of unbranched alkanes of at least 4 members (excludes halogenated alkanes) is 2. The number of aliphatic carboxylic acids is 2. The maximum Gasteiger partial charge on any atom is 0.320 e. The molecule has 0 spiro atoms. The Morgan fingerprint density at radius 2 is 1.93 bits per heavy atom. The van der Waals surface area contributed by atoms with Gasteiger partial charge < -0.3 is 36.4 Å². The number of aliphatic imine (C=N–C) groups is 2. The van der Waals surface area contributed by atoms with Gasteiger partial charge in [-0.1, -0.05) is 0 Å². The van der Waals surface area contributed by atoms with Crippen LogP contribution in [0.25, 0.3) is 0 Å². The van der Waals surface area contributed by atoms with Gasteiger partial charge in [0.05, 0.1) is 12.2 Å². The maximum absolute atomic E-state index is 10.8. The molecular formula is C18H31N5O6. The highest BCUT2D eigenvalue weighted by Crippen LogP contribution is 2.22. The highest BCUT2D eigenvalue weighted by molar-refractivity contribution is 6.04. The number of amidine groups is 1. The van der Waals surface area contributed by atoms with Gasteiger partial charge in [-0.3, -0.25) is 9.59 Å². The van der Waals surface area contributed by atoms with Crippen molar-refractivity contribution >= 4 is 23.7 Å². The fraction of sp³-hybridized carbons (Fsp3) is 0.778. The van der Waals surface area contributed by atoms with Gasteiger partial charge in [0.1, 0.15) is 17.9 Å². The van der Waals surface area contributed by atoms with Crippen molar-refractivity contribution in [1.29, 1.82) is 0 Å². The molecule has 0 aliphatic carbocycles. The van der Waals surface area contributed by atoms with Crippen molar-refractivity contribution in [2.45, 2.75) is 69.2 Å². The molecule has 0 saturated carbocycles. The number of nitrogens with zero attached hydrogens (tertiary/aromatic N) is 3. The van der Waals surface area contributed by atoms with Crippen LogP contribution in [0.1, 0.15) is 44.9 Å². The van der Waals surface area contributed by atoms with E-state index in [1.165, 1.54) is 0 Å². The van der Waals surface area contributed by atoms with Gasteiger partial charge in [0.25, 0.3) is 0 Å². The fourth-order valence-electron chi connectivity index (χ4n) is 3.37. The van der Waals surface area contributed by atoms with Crippen LogP contribution in [-0.2, 0) is 9.59 Å². The summed E-state index contributed by atoms with van der Waals surface area (Å²) in [4.78, 5) is 32.2. The first kappa shape index (κ1) is 23.0. The van der Waals surface area contributed by atoms with E-state index < -0.39 is 30.2 Å². The number of nitrogens with two attached hydrogens (primary N) is 1. The van der Waals surface area contributed by atoms with Crippen LogP contribution in [-0.4, -0.2) is 93.0 Å². The number of aliphatic hydroxyl groups excluding tert-OH is 2. The molecule has 0 aromatic carbocycles.